The normalized spacial score (nSPS) is 13.6. The molecule has 10 heteroatoms. The topological polar surface area (TPSA) is 105 Å². The quantitative estimate of drug-likeness (QED) is 0.534. The maximum Gasteiger partial charge on any atom is 0.244 e. The first-order valence-electron chi connectivity index (χ1n) is 11.6. The van der Waals surface area contributed by atoms with Crippen LogP contribution in [0.4, 0.5) is 5.69 Å². The molecule has 3 rings (SSSR count). The van der Waals surface area contributed by atoms with E-state index in [9.17, 15) is 18.0 Å². The van der Waals surface area contributed by atoms with Crippen LogP contribution in [0.1, 0.15) is 31.4 Å². The summed E-state index contributed by atoms with van der Waals surface area (Å²) in [6.45, 7) is 6.49. The molecule has 1 aliphatic rings. The third kappa shape index (κ3) is 6.66. The molecule has 1 heterocycles. The second-order valence-corrected chi connectivity index (χ2v) is 10.3. The Labute approximate surface area is 207 Å². The molecule has 2 amide bonds. The number of carbonyl (C=O) groups is 2. The number of nitrogens with one attached hydrogen (secondary N) is 1. The van der Waals surface area contributed by atoms with Crippen LogP contribution in [-0.2, 0) is 26.2 Å². The van der Waals surface area contributed by atoms with Crippen LogP contribution in [-0.4, -0.2) is 63.7 Å². The van der Waals surface area contributed by atoms with E-state index in [-0.39, 0.29) is 18.1 Å². The number of likely N-dealkylation sites (N-methyl/N-ethyl adjacent to an activating group) is 1. The van der Waals surface area contributed by atoms with Gasteiger partial charge in [-0.25, -0.2) is 8.42 Å². The molecule has 0 saturated heterocycles. The molecule has 9 nitrogen and oxygen atoms in total. The number of fused-ring (bicyclic) bond motifs is 1. The average molecular weight is 504 g/mol. The number of rotatable bonds is 10. The standard InChI is InChI=1S/C25H33N3O6S/c1-5-21(25(30)26-6-2)27(16-19-9-7-8-18(3)14-19)24(29)17-28(35(4,31)32)20-10-11-22-23(15-20)34-13-12-33-22/h7-11,14-15,21H,5-6,12-13,16-17H2,1-4H3,(H,26,30)/t21-/m1/s1. The highest BCUT2D eigenvalue weighted by Crippen LogP contribution is 2.34. The average Bonchev–Trinajstić information content (AvgIpc) is 2.81. The smallest absolute Gasteiger partial charge is 0.244 e. The van der Waals surface area contributed by atoms with Crippen LogP contribution in [0.3, 0.4) is 0 Å². The van der Waals surface area contributed by atoms with E-state index in [1.54, 1.807) is 18.2 Å². The van der Waals surface area contributed by atoms with Gasteiger partial charge in [0.05, 0.1) is 11.9 Å². The predicted octanol–water partition coefficient (Wildman–Crippen LogP) is 2.48. The summed E-state index contributed by atoms with van der Waals surface area (Å²) in [4.78, 5) is 27.9. The Kier molecular flexibility index (Phi) is 8.61. The number of aryl methyl sites for hydroxylation is 1. The van der Waals surface area contributed by atoms with Crippen LogP contribution >= 0.6 is 0 Å². The zero-order chi connectivity index (χ0) is 25.6. The summed E-state index contributed by atoms with van der Waals surface area (Å²) < 4.78 is 37.6. The van der Waals surface area contributed by atoms with Crippen molar-refractivity contribution >= 4 is 27.5 Å². The number of anilines is 1. The van der Waals surface area contributed by atoms with E-state index in [1.807, 2.05) is 45.0 Å². The van der Waals surface area contributed by atoms with Crippen LogP contribution in [0.25, 0.3) is 0 Å². The lowest BCUT2D eigenvalue weighted by atomic mass is 10.1. The second kappa shape index (κ2) is 11.4. The van der Waals surface area contributed by atoms with Crippen molar-refractivity contribution in [3.8, 4) is 11.5 Å². The molecule has 1 N–H and O–H groups in total. The van der Waals surface area contributed by atoms with Gasteiger partial charge in [0.1, 0.15) is 25.8 Å². The zero-order valence-corrected chi connectivity index (χ0v) is 21.4. The fourth-order valence-electron chi connectivity index (χ4n) is 4.02. The fraction of sp³-hybridized carbons (Fsp3) is 0.440. The van der Waals surface area contributed by atoms with Gasteiger partial charge in [0, 0.05) is 19.2 Å². The molecular formula is C25H33N3O6S. The molecule has 1 aliphatic heterocycles. The maximum atomic E-state index is 13.6. The van der Waals surface area contributed by atoms with Crippen molar-refractivity contribution < 1.29 is 27.5 Å². The summed E-state index contributed by atoms with van der Waals surface area (Å²) in [5.74, 6) is 0.175. The molecule has 2 aromatic carbocycles. The van der Waals surface area contributed by atoms with Gasteiger partial charge in [0.25, 0.3) is 0 Å². The van der Waals surface area contributed by atoms with Crippen LogP contribution < -0.4 is 19.1 Å². The summed E-state index contributed by atoms with van der Waals surface area (Å²) in [5, 5.41) is 2.78. The van der Waals surface area contributed by atoms with Gasteiger partial charge in [-0.3, -0.25) is 13.9 Å². The number of carbonyl (C=O) groups excluding carboxylic acids is 2. The minimum absolute atomic E-state index is 0.175. The minimum atomic E-state index is -3.83. The van der Waals surface area contributed by atoms with Crippen LogP contribution in [0.5, 0.6) is 11.5 Å². The van der Waals surface area contributed by atoms with E-state index in [0.717, 1.165) is 21.7 Å². The highest BCUT2D eigenvalue weighted by Gasteiger charge is 2.32. The summed E-state index contributed by atoms with van der Waals surface area (Å²) in [6, 6.07) is 11.7. The van der Waals surface area contributed by atoms with E-state index < -0.39 is 28.5 Å². The second-order valence-electron chi connectivity index (χ2n) is 8.43. The third-order valence-electron chi connectivity index (χ3n) is 5.67. The van der Waals surface area contributed by atoms with Crippen molar-refractivity contribution in [3.63, 3.8) is 0 Å². The minimum Gasteiger partial charge on any atom is -0.486 e. The molecule has 0 aromatic heterocycles. The van der Waals surface area contributed by atoms with Crippen molar-refractivity contribution in [1.29, 1.82) is 0 Å². The first kappa shape index (κ1) is 26.3. The third-order valence-corrected chi connectivity index (χ3v) is 6.81. The van der Waals surface area contributed by atoms with Gasteiger partial charge in [0.15, 0.2) is 11.5 Å². The number of ether oxygens (including phenoxy) is 2. The molecule has 0 radical (unpaired) electrons. The lowest BCUT2D eigenvalue weighted by Gasteiger charge is -2.33. The summed E-state index contributed by atoms with van der Waals surface area (Å²) in [6.07, 6.45) is 1.43. The molecule has 0 fully saturated rings. The van der Waals surface area contributed by atoms with Crippen molar-refractivity contribution in [3.05, 3.63) is 53.6 Å². The molecule has 35 heavy (non-hydrogen) atoms. The van der Waals surface area contributed by atoms with Gasteiger partial charge < -0.3 is 19.7 Å². The Morgan fingerprint density at radius 1 is 1.06 bits per heavy atom. The van der Waals surface area contributed by atoms with Crippen LogP contribution in [0, 0.1) is 6.92 Å². The maximum absolute atomic E-state index is 13.6. The van der Waals surface area contributed by atoms with Crippen LogP contribution in [0.15, 0.2) is 42.5 Å². The highest BCUT2D eigenvalue weighted by molar-refractivity contribution is 7.92. The zero-order valence-electron chi connectivity index (χ0n) is 20.6. The highest BCUT2D eigenvalue weighted by atomic mass is 32.2. The number of sulfonamides is 1. The Morgan fingerprint density at radius 3 is 2.40 bits per heavy atom. The van der Waals surface area contributed by atoms with E-state index >= 15 is 0 Å². The molecule has 190 valence electrons. The van der Waals surface area contributed by atoms with Gasteiger partial charge in [-0.05, 0) is 38.0 Å². The van der Waals surface area contributed by atoms with E-state index in [1.165, 1.54) is 4.90 Å². The Bertz CT molecular complexity index is 1170. The van der Waals surface area contributed by atoms with Crippen LogP contribution in [0.2, 0.25) is 0 Å². The summed E-state index contributed by atoms with van der Waals surface area (Å²) in [5.41, 5.74) is 2.16. The molecule has 2 aromatic rings. The summed E-state index contributed by atoms with van der Waals surface area (Å²) in [7, 11) is -3.83. The lowest BCUT2D eigenvalue weighted by Crippen LogP contribution is -2.52. The molecule has 0 unspecified atom stereocenters. The van der Waals surface area contributed by atoms with Gasteiger partial charge in [-0.2, -0.15) is 0 Å². The molecule has 0 bridgehead atoms. The molecule has 0 saturated carbocycles. The molecule has 0 spiro atoms. The largest absolute Gasteiger partial charge is 0.486 e. The number of nitrogens with zero attached hydrogens (tertiary/aromatic N) is 2. The van der Waals surface area contributed by atoms with Gasteiger partial charge in [-0.15, -0.1) is 0 Å². The first-order valence-corrected chi connectivity index (χ1v) is 13.5. The first-order chi connectivity index (χ1) is 16.6. The van der Waals surface area contributed by atoms with E-state index in [2.05, 4.69) is 5.32 Å². The van der Waals surface area contributed by atoms with Gasteiger partial charge >= 0.3 is 0 Å². The number of benzene rings is 2. The monoisotopic (exact) mass is 503 g/mol. The Hall–Kier alpha value is -3.27. The Morgan fingerprint density at radius 2 is 1.77 bits per heavy atom. The fourth-order valence-corrected chi connectivity index (χ4v) is 4.86. The van der Waals surface area contributed by atoms with Crippen molar-refractivity contribution in [2.24, 2.45) is 0 Å². The predicted molar refractivity (Wildman–Crippen MR) is 134 cm³/mol. The summed E-state index contributed by atoms with van der Waals surface area (Å²) >= 11 is 0. The van der Waals surface area contributed by atoms with Crippen molar-refractivity contribution in [2.45, 2.75) is 39.8 Å². The number of hydrogen-bond donors (Lipinski definition) is 1. The van der Waals surface area contributed by atoms with Crippen molar-refractivity contribution in [1.82, 2.24) is 10.2 Å². The SMILES string of the molecule is CCNC(=O)[C@@H](CC)N(Cc1cccc(C)c1)C(=O)CN(c1ccc2c(c1)OCCO2)S(C)(=O)=O. The molecule has 1 atom stereocenters. The van der Waals surface area contributed by atoms with E-state index in [0.29, 0.717) is 37.7 Å². The van der Waals surface area contributed by atoms with Crippen molar-refractivity contribution in [2.75, 3.05) is 36.9 Å². The van der Waals surface area contributed by atoms with Gasteiger partial charge in [-0.1, -0.05) is 36.8 Å². The molecular weight excluding hydrogens is 470 g/mol. The number of hydrogen-bond acceptors (Lipinski definition) is 6. The number of amides is 2. The van der Waals surface area contributed by atoms with Gasteiger partial charge in [0.2, 0.25) is 21.8 Å². The Balaban J connectivity index is 1.95. The lowest BCUT2D eigenvalue weighted by molar-refractivity contribution is -0.140. The van der Waals surface area contributed by atoms with E-state index in [4.69, 9.17) is 9.47 Å². The molecule has 0 aliphatic carbocycles.